The van der Waals surface area contributed by atoms with Gasteiger partial charge in [-0.15, -0.1) is 0 Å². The van der Waals surface area contributed by atoms with E-state index in [2.05, 4.69) is 10.6 Å². The molecule has 1 heterocycles. The molecule has 1 aliphatic heterocycles. The molecule has 1 aliphatic carbocycles. The highest BCUT2D eigenvalue weighted by Gasteiger charge is 2.25. The van der Waals surface area contributed by atoms with Crippen molar-refractivity contribution in [3.05, 3.63) is 30.1 Å². The van der Waals surface area contributed by atoms with Crippen LogP contribution in [0.1, 0.15) is 32.1 Å². The highest BCUT2D eigenvalue weighted by Crippen LogP contribution is 2.18. The van der Waals surface area contributed by atoms with Crippen LogP contribution in [0.3, 0.4) is 0 Å². The number of carbonyl (C=O) groups excluding carboxylic acids is 2. The van der Waals surface area contributed by atoms with Crippen molar-refractivity contribution in [2.75, 3.05) is 37.6 Å². The van der Waals surface area contributed by atoms with Crippen LogP contribution in [0.5, 0.6) is 0 Å². The van der Waals surface area contributed by atoms with Gasteiger partial charge in [0.1, 0.15) is 5.82 Å². The van der Waals surface area contributed by atoms with Gasteiger partial charge in [0.15, 0.2) is 6.54 Å². The van der Waals surface area contributed by atoms with E-state index in [1.807, 2.05) is 11.0 Å². The molecule has 3 amide bonds. The zero-order chi connectivity index (χ0) is 18.4. The van der Waals surface area contributed by atoms with Crippen molar-refractivity contribution < 1.29 is 18.9 Å². The van der Waals surface area contributed by atoms with Crippen molar-refractivity contribution >= 4 is 17.6 Å². The molecule has 0 radical (unpaired) electrons. The largest absolute Gasteiger partial charge is 0.358 e. The molecule has 6 nitrogen and oxygen atoms in total. The lowest BCUT2D eigenvalue weighted by Gasteiger charge is -2.33. The second-order valence-electron chi connectivity index (χ2n) is 7.22. The molecule has 3 rings (SSSR count). The van der Waals surface area contributed by atoms with E-state index in [-0.39, 0.29) is 30.3 Å². The first-order chi connectivity index (χ1) is 12.6. The number of urea groups is 1. The van der Waals surface area contributed by atoms with E-state index < -0.39 is 0 Å². The molecule has 2 aliphatic rings. The summed E-state index contributed by atoms with van der Waals surface area (Å²) in [7, 11) is 0. The molecule has 26 heavy (non-hydrogen) atoms. The summed E-state index contributed by atoms with van der Waals surface area (Å²) in [6.45, 7) is 3.14. The Morgan fingerprint density at radius 3 is 2.50 bits per heavy atom. The minimum Gasteiger partial charge on any atom is -0.358 e. The maximum Gasteiger partial charge on any atom is 0.321 e. The van der Waals surface area contributed by atoms with Gasteiger partial charge in [0, 0.05) is 6.04 Å². The van der Waals surface area contributed by atoms with Crippen molar-refractivity contribution in [2.24, 2.45) is 0 Å². The maximum absolute atomic E-state index is 13.9. The second-order valence-corrected chi connectivity index (χ2v) is 7.22. The molecule has 1 aromatic carbocycles. The summed E-state index contributed by atoms with van der Waals surface area (Å²) in [6.07, 6.45) is 5.47. The van der Waals surface area contributed by atoms with Gasteiger partial charge in [-0.25, -0.2) is 9.18 Å². The Morgan fingerprint density at radius 2 is 1.81 bits per heavy atom. The monoisotopic (exact) mass is 363 g/mol. The van der Waals surface area contributed by atoms with Crippen molar-refractivity contribution in [1.82, 2.24) is 10.6 Å². The number of quaternary nitrogens is 1. The van der Waals surface area contributed by atoms with Crippen molar-refractivity contribution in [3.63, 3.8) is 0 Å². The second kappa shape index (κ2) is 8.98. The van der Waals surface area contributed by atoms with Crippen molar-refractivity contribution in [3.8, 4) is 0 Å². The Bertz CT molecular complexity index is 626. The van der Waals surface area contributed by atoms with Crippen LogP contribution in [-0.4, -0.2) is 50.7 Å². The highest BCUT2D eigenvalue weighted by atomic mass is 19.1. The highest BCUT2D eigenvalue weighted by molar-refractivity contribution is 5.94. The lowest BCUT2D eigenvalue weighted by Crippen LogP contribution is -3.16. The lowest BCUT2D eigenvalue weighted by atomic mass is 9.96. The number of para-hydroxylation sites is 1. The molecule has 1 aromatic rings. The van der Waals surface area contributed by atoms with Crippen LogP contribution in [0.2, 0.25) is 0 Å². The van der Waals surface area contributed by atoms with Gasteiger partial charge >= 0.3 is 6.03 Å². The van der Waals surface area contributed by atoms with Gasteiger partial charge in [0.2, 0.25) is 0 Å². The quantitative estimate of drug-likeness (QED) is 0.737. The number of nitrogens with zero attached hydrogens (tertiary/aromatic N) is 1. The number of nitrogens with one attached hydrogen (secondary N) is 3. The Balaban J connectivity index is 1.39. The Labute approximate surface area is 153 Å². The zero-order valence-electron chi connectivity index (χ0n) is 15.1. The van der Waals surface area contributed by atoms with Crippen LogP contribution in [0.15, 0.2) is 24.3 Å². The minimum absolute atomic E-state index is 0.188. The van der Waals surface area contributed by atoms with Crippen molar-refractivity contribution in [1.29, 1.82) is 0 Å². The Kier molecular flexibility index (Phi) is 6.44. The minimum atomic E-state index is -0.383. The first kappa shape index (κ1) is 18.6. The third-order valence-corrected chi connectivity index (χ3v) is 5.27. The van der Waals surface area contributed by atoms with E-state index in [1.165, 1.54) is 12.5 Å². The van der Waals surface area contributed by atoms with Gasteiger partial charge in [-0.3, -0.25) is 10.1 Å². The summed E-state index contributed by atoms with van der Waals surface area (Å²) in [5, 5.41) is 5.33. The molecular formula is C19H28FN4O2+. The van der Waals surface area contributed by atoms with Crippen LogP contribution in [0.25, 0.3) is 0 Å². The van der Waals surface area contributed by atoms with Gasteiger partial charge in [-0.05, 0) is 25.0 Å². The maximum atomic E-state index is 13.9. The van der Waals surface area contributed by atoms with E-state index in [1.54, 1.807) is 12.1 Å². The first-order valence-corrected chi connectivity index (χ1v) is 9.55. The van der Waals surface area contributed by atoms with Gasteiger partial charge in [0.25, 0.3) is 5.91 Å². The number of piperazine rings is 1. The number of halogens is 1. The molecule has 0 aromatic heterocycles. The van der Waals surface area contributed by atoms with Crippen LogP contribution < -0.4 is 20.4 Å². The molecule has 3 N–H and O–H groups in total. The van der Waals surface area contributed by atoms with Crippen LogP contribution in [-0.2, 0) is 4.79 Å². The van der Waals surface area contributed by atoms with Gasteiger partial charge < -0.3 is 15.1 Å². The molecule has 0 bridgehead atoms. The normalized spacial score (nSPS) is 19.2. The summed E-state index contributed by atoms with van der Waals surface area (Å²) in [6, 6.07) is 6.56. The summed E-state index contributed by atoms with van der Waals surface area (Å²) >= 11 is 0. The standard InChI is InChI=1S/C19H27FN4O2/c20-16-8-4-5-9-17(16)24-12-10-23(11-13-24)14-18(25)22-19(26)21-15-6-2-1-3-7-15/h4-5,8-9,15H,1-3,6-7,10-14H2,(H2,21,22,25,26)/p+1. The molecule has 0 spiro atoms. The Hall–Kier alpha value is -2.15. The van der Waals surface area contributed by atoms with Crippen LogP contribution >= 0.6 is 0 Å². The Morgan fingerprint density at radius 1 is 1.12 bits per heavy atom. The number of amides is 3. The summed E-state index contributed by atoms with van der Waals surface area (Å²) in [5.41, 5.74) is 0.614. The smallest absolute Gasteiger partial charge is 0.321 e. The number of benzene rings is 1. The molecule has 1 saturated heterocycles. The van der Waals surface area contributed by atoms with E-state index in [4.69, 9.17) is 0 Å². The topological polar surface area (TPSA) is 65.9 Å². The molecule has 142 valence electrons. The fraction of sp³-hybridized carbons (Fsp3) is 0.579. The number of hydrogen-bond donors (Lipinski definition) is 3. The van der Waals surface area contributed by atoms with Crippen molar-refractivity contribution in [2.45, 2.75) is 38.1 Å². The van der Waals surface area contributed by atoms with E-state index >= 15 is 0 Å². The molecule has 1 saturated carbocycles. The average molecular weight is 363 g/mol. The van der Waals surface area contributed by atoms with Crippen LogP contribution in [0.4, 0.5) is 14.9 Å². The van der Waals surface area contributed by atoms with Crippen LogP contribution in [0, 0.1) is 5.82 Å². The molecular weight excluding hydrogens is 335 g/mol. The first-order valence-electron chi connectivity index (χ1n) is 9.55. The fourth-order valence-electron chi connectivity index (χ4n) is 3.82. The SMILES string of the molecule is O=C(C[NH+]1CCN(c2ccccc2F)CC1)NC(=O)NC1CCCCC1. The molecule has 0 atom stereocenters. The van der Waals surface area contributed by atoms with Gasteiger partial charge in [-0.1, -0.05) is 31.4 Å². The predicted octanol–water partition coefficient (Wildman–Crippen LogP) is 0.689. The number of imide groups is 1. The lowest BCUT2D eigenvalue weighted by molar-refractivity contribution is -0.892. The van der Waals surface area contributed by atoms with Gasteiger partial charge in [-0.2, -0.15) is 0 Å². The average Bonchev–Trinajstić information content (AvgIpc) is 2.63. The number of carbonyl (C=O) groups is 2. The predicted molar refractivity (Wildman–Crippen MR) is 97.7 cm³/mol. The third kappa shape index (κ3) is 5.17. The van der Waals surface area contributed by atoms with E-state index in [0.29, 0.717) is 18.8 Å². The number of rotatable bonds is 4. The van der Waals surface area contributed by atoms with E-state index in [9.17, 15) is 14.0 Å². The number of anilines is 1. The third-order valence-electron chi connectivity index (χ3n) is 5.27. The fourth-order valence-corrected chi connectivity index (χ4v) is 3.82. The molecule has 0 unspecified atom stereocenters. The summed E-state index contributed by atoms with van der Waals surface area (Å²) in [5.74, 6) is -0.472. The zero-order valence-corrected chi connectivity index (χ0v) is 15.1. The number of hydrogen-bond acceptors (Lipinski definition) is 3. The van der Waals surface area contributed by atoms with E-state index in [0.717, 1.165) is 43.7 Å². The summed E-state index contributed by atoms with van der Waals surface area (Å²) in [4.78, 5) is 27.2. The summed E-state index contributed by atoms with van der Waals surface area (Å²) < 4.78 is 13.9. The van der Waals surface area contributed by atoms with Gasteiger partial charge in [0.05, 0.1) is 31.9 Å². The molecule has 7 heteroatoms. The molecule has 2 fully saturated rings.